The lowest BCUT2D eigenvalue weighted by molar-refractivity contribution is 0.861. The van der Waals surface area contributed by atoms with E-state index >= 15 is 0 Å². The third-order valence-electron chi connectivity index (χ3n) is 2.18. The van der Waals surface area contributed by atoms with Crippen LogP contribution in [0.5, 0.6) is 0 Å². The van der Waals surface area contributed by atoms with Crippen LogP contribution in [0.25, 0.3) is 0 Å². The van der Waals surface area contributed by atoms with E-state index in [0.29, 0.717) is 5.82 Å². The maximum absolute atomic E-state index is 5.83. The van der Waals surface area contributed by atoms with Gasteiger partial charge in [0.25, 0.3) is 0 Å². The molecule has 0 unspecified atom stereocenters. The van der Waals surface area contributed by atoms with E-state index in [4.69, 9.17) is 5.73 Å². The van der Waals surface area contributed by atoms with Crippen molar-refractivity contribution in [2.75, 3.05) is 5.73 Å². The largest absolute Gasteiger partial charge is 0.383 e. The summed E-state index contributed by atoms with van der Waals surface area (Å²) in [4.78, 5) is 8.69. The molecule has 1 aromatic heterocycles. The third kappa shape index (κ3) is 1.97. The van der Waals surface area contributed by atoms with Gasteiger partial charge in [-0.05, 0) is 12.8 Å². The molecule has 0 radical (unpaired) electrons. The Bertz CT molecular complexity index is 294. The van der Waals surface area contributed by atoms with Crippen LogP contribution in [-0.4, -0.2) is 9.97 Å². The van der Waals surface area contributed by atoms with Gasteiger partial charge in [0.05, 0.1) is 0 Å². The summed E-state index contributed by atoms with van der Waals surface area (Å²) in [7, 11) is 0. The van der Waals surface area contributed by atoms with E-state index < -0.39 is 0 Å². The summed E-state index contributed by atoms with van der Waals surface area (Å²) >= 11 is 0. The van der Waals surface area contributed by atoms with E-state index in [1.807, 2.05) is 6.92 Å². The Kier molecular flexibility index (Phi) is 3.23. The summed E-state index contributed by atoms with van der Waals surface area (Å²) in [6.07, 6.45) is 2.70. The lowest BCUT2D eigenvalue weighted by Crippen LogP contribution is -2.07. The highest BCUT2D eigenvalue weighted by Gasteiger charge is 2.07. The fourth-order valence-corrected chi connectivity index (χ4v) is 1.44. The summed E-state index contributed by atoms with van der Waals surface area (Å²) in [6.45, 7) is 6.22. The predicted molar refractivity (Wildman–Crippen MR) is 54.6 cm³/mol. The average Bonchev–Trinajstić information content (AvgIpc) is 2.16. The van der Waals surface area contributed by atoms with Crippen molar-refractivity contribution in [1.29, 1.82) is 0 Å². The second-order valence-electron chi connectivity index (χ2n) is 3.01. The van der Waals surface area contributed by atoms with Crippen LogP contribution < -0.4 is 5.73 Å². The van der Waals surface area contributed by atoms with Crippen LogP contribution in [0.4, 0.5) is 5.82 Å². The second kappa shape index (κ2) is 4.21. The molecule has 0 aliphatic rings. The molecule has 0 fully saturated rings. The highest BCUT2D eigenvalue weighted by atomic mass is 14.9. The van der Waals surface area contributed by atoms with Crippen molar-refractivity contribution in [3.8, 4) is 0 Å². The van der Waals surface area contributed by atoms with Crippen molar-refractivity contribution in [2.24, 2.45) is 0 Å². The molecule has 0 aliphatic heterocycles. The van der Waals surface area contributed by atoms with Crippen molar-refractivity contribution >= 4 is 5.82 Å². The lowest BCUT2D eigenvalue weighted by atomic mass is 10.1. The molecule has 1 heterocycles. The van der Waals surface area contributed by atoms with Crippen LogP contribution in [0.2, 0.25) is 0 Å². The van der Waals surface area contributed by atoms with Crippen LogP contribution >= 0.6 is 0 Å². The van der Waals surface area contributed by atoms with Gasteiger partial charge in [-0.15, -0.1) is 0 Å². The number of nitrogen functional groups attached to an aromatic ring is 1. The minimum Gasteiger partial charge on any atom is -0.383 e. The number of aromatic nitrogens is 2. The molecule has 0 spiro atoms. The molecular weight excluding hydrogens is 162 g/mol. The normalized spacial score (nSPS) is 10.4. The number of nitrogens with zero attached hydrogens (tertiary/aromatic N) is 2. The Hall–Kier alpha value is -1.12. The topological polar surface area (TPSA) is 51.8 Å². The first-order chi connectivity index (χ1) is 6.22. The lowest BCUT2D eigenvalue weighted by Gasteiger charge is -2.09. The van der Waals surface area contributed by atoms with Gasteiger partial charge in [0.15, 0.2) is 0 Å². The van der Waals surface area contributed by atoms with Crippen molar-refractivity contribution in [1.82, 2.24) is 9.97 Å². The van der Waals surface area contributed by atoms with Crippen LogP contribution in [0.3, 0.4) is 0 Å². The van der Waals surface area contributed by atoms with Gasteiger partial charge < -0.3 is 5.73 Å². The van der Waals surface area contributed by atoms with Crippen LogP contribution in [-0.2, 0) is 19.3 Å². The molecule has 0 saturated carbocycles. The molecule has 13 heavy (non-hydrogen) atoms. The first kappa shape index (κ1) is 9.96. The number of nitrogens with two attached hydrogens (primary N) is 1. The van der Waals surface area contributed by atoms with E-state index in [9.17, 15) is 0 Å². The van der Waals surface area contributed by atoms with Crippen molar-refractivity contribution in [2.45, 2.75) is 40.0 Å². The smallest absolute Gasteiger partial charge is 0.130 e. The quantitative estimate of drug-likeness (QED) is 0.769. The van der Waals surface area contributed by atoms with Crippen molar-refractivity contribution < 1.29 is 0 Å². The molecule has 1 aromatic rings. The average molecular weight is 179 g/mol. The molecule has 0 aromatic carbocycles. The monoisotopic (exact) mass is 179 g/mol. The van der Waals surface area contributed by atoms with Gasteiger partial charge in [0.1, 0.15) is 11.6 Å². The molecule has 2 N–H and O–H groups in total. The summed E-state index contributed by atoms with van der Waals surface area (Å²) in [6, 6.07) is 0. The fraction of sp³-hybridized carbons (Fsp3) is 0.600. The van der Waals surface area contributed by atoms with Gasteiger partial charge in [0, 0.05) is 17.7 Å². The van der Waals surface area contributed by atoms with E-state index in [0.717, 1.165) is 36.3 Å². The molecular formula is C10H17N3. The molecule has 0 aliphatic carbocycles. The minimum atomic E-state index is 0.659. The molecule has 0 bridgehead atoms. The van der Waals surface area contributed by atoms with Crippen molar-refractivity contribution in [3.05, 3.63) is 17.1 Å². The molecule has 1 rings (SSSR count). The first-order valence-electron chi connectivity index (χ1n) is 4.87. The Morgan fingerprint density at radius 1 is 1.00 bits per heavy atom. The molecule has 0 saturated heterocycles. The summed E-state index contributed by atoms with van der Waals surface area (Å²) < 4.78 is 0. The van der Waals surface area contributed by atoms with E-state index in [2.05, 4.69) is 23.8 Å². The highest BCUT2D eigenvalue weighted by Crippen LogP contribution is 2.15. The Morgan fingerprint density at radius 3 is 2.15 bits per heavy atom. The number of hydrogen-bond acceptors (Lipinski definition) is 3. The highest BCUT2D eigenvalue weighted by molar-refractivity contribution is 5.42. The zero-order valence-electron chi connectivity index (χ0n) is 8.59. The number of aryl methyl sites for hydroxylation is 2. The molecule has 0 amide bonds. The minimum absolute atomic E-state index is 0.659. The fourth-order valence-electron chi connectivity index (χ4n) is 1.44. The summed E-state index contributed by atoms with van der Waals surface area (Å²) in [5.74, 6) is 1.51. The van der Waals surface area contributed by atoms with E-state index in [-0.39, 0.29) is 0 Å². The standard InChI is InChI=1S/C10H17N3/c1-4-7-8(5-2)12-9(6-3)13-10(7)11/h4-6H2,1-3H3,(H2,11,12,13). The number of anilines is 1. The maximum Gasteiger partial charge on any atom is 0.130 e. The van der Waals surface area contributed by atoms with Gasteiger partial charge in [-0.1, -0.05) is 20.8 Å². The molecule has 3 heteroatoms. The third-order valence-corrected chi connectivity index (χ3v) is 2.18. The Balaban J connectivity index is 3.20. The first-order valence-corrected chi connectivity index (χ1v) is 4.87. The maximum atomic E-state index is 5.83. The van der Waals surface area contributed by atoms with Crippen LogP contribution in [0, 0.1) is 0 Å². The number of rotatable bonds is 3. The van der Waals surface area contributed by atoms with E-state index in [1.54, 1.807) is 0 Å². The molecule has 72 valence electrons. The second-order valence-corrected chi connectivity index (χ2v) is 3.01. The van der Waals surface area contributed by atoms with Gasteiger partial charge in [0.2, 0.25) is 0 Å². The van der Waals surface area contributed by atoms with Gasteiger partial charge in [-0.25, -0.2) is 9.97 Å². The molecule has 0 atom stereocenters. The van der Waals surface area contributed by atoms with Gasteiger partial charge in [-0.2, -0.15) is 0 Å². The van der Waals surface area contributed by atoms with E-state index in [1.165, 1.54) is 0 Å². The zero-order valence-corrected chi connectivity index (χ0v) is 8.59. The Morgan fingerprint density at radius 2 is 1.69 bits per heavy atom. The van der Waals surface area contributed by atoms with Crippen molar-refractivity contribution in [3.63, 3.8) is 0 Å². The SMILES string of the molecule is CCc1nc(N)c(CC)c(CC)n1. The van der Waals surface area contributed by atoms with Crippen LogP contribution in [0.1, 0.15) is 37.9 Å². The predicted octanol–water partition coefficient (Wildman–Crippen LogP) is 1.75. The number of hydrogen-bond donors (Lipinski definition) is 1. The molecule has 3 nitrogen and oxygen atoms in total. The summed E-state index contributed by atoms with van der Waals surface area (Å²) in [5, 5.41) is 0. The summed E-state index contributed by atoms with van der Waals surface area (Å²) in [5.41, 5.74) is 8.05. The Labute approximate surface area is 79.4 Å². The van der Waals surface area contributed by atoms with Crippen LogP contribution in [0.15, 0.2) is 0 Å². The van der Waals surface area contributed by atoms with Gasteiger partial charge >= 0.3 is 0 Å². The zero-order chi connectivity index (χ0) is 9.84. The van der Waals surface area contributed by atoms with Gasteiger partial charge in [-0.3, -0.25) is 0 Å².